The highest BCUT2D eigenvalue weighted by molar-refractivity contribution is 5.73. The number of carboxylic acid groups (broad SMARTS) is 1. The van der Waals surface area contributed by atoms with Crippen molar-refractivity contribution in [1.29, 1.82) is 0 Å². The molecule has 0 aliphatic rings. The summed E-state index contributed by atoms with van der Waals surface area (Å²) >= 11 is 0. The molecule has 0 aromatic heterocycles. The SMILES string of the molecule is CCOc1cccc(C(C)(C)CC(N)C(=O)O)c1. The number of nitrogens with two attached hydrogens (primary N) is 1. The summed E-state index contributed by atoms with van der Waals surface area (Å²) in [6, 6.07) is 6.86. The molecule has 0 aliphatic carbocycles. The zero-order chi connectivity index (χ0) is 13.8. The Morgan fingerprint density at radius 1 is 1.50 bits per heavy atom. The van der Waals surface area contributed by atoms with Gasteiger partial charge in [-0.05, 0) is 36.5 Å². The van der Waals surface area contributed by atoms with E-state index in [0.717, 1.165) is 11.3 Å². The van der Waals surface area contributed by atoms with Crippen LogP contribution in [0.1, 0.15) is 32.8 Å². The molecule has 1 aromatic rings. The summed E-state index contributed by atoms with van der Waals surface area (Å²) in [6.07, 6.45) is 0.387. The average molecular weight is 251 g/mol. The van der Waals surface area contributed by atoms with E-state index in [1.807, 2.05) is 45.0 Å². The molecule has 1 rings (SSSR count). The first kappa shape index (κ1) is 14.5. The summed E-state index contributed by atoms with van der Waals surface area (Å²) in [7, 11) is 0. The lowest BCUT2D eigenvalue weighted by Gasteiger charge is -2.27. The number of carbonyl (C=O) groups is 1. The molecule has 0 fully saturated rings. The van der Waals surface area contributed by atoms with E-state index in [1.54, 1.807) is 0 Å². The lowest BCUT2D eigenvalue weighted by Crippen LogP contribution is -2.36. The topological polar surface area (TPSA) is 72.5 Å². The minimum Gasteiger partial charge on any atom is -0.494 e. The number of hydrogen-bond donors (Lipinski definition) is 2. The number of carboxylic acids is 1. The van der Waals surface area contributed by atoms with E-state index in [1.165, 1.54) is 0 Å². The number of benzene rings is 1. The van der Waals surface area contributed by atoms with Crippen molar-refractivity contribution in [3.63, 3.8) is 0 Å². The summed E-state index contributed by atoms with van der Waals surface area (Å²) in [5, 5.41) is 8.88. The third-order valence-corrected chi connectivity index (χ3v) is 2.97. The van der Waals surface area contributed by atoms with Crippen LogP contribution in [-0.4, -0.2) is 23.7 Å². The molecule has 0 radical (unpaired) electrons. The zero-order valence-corrected chi connectivity index (χ0v) is 11.1. The van der Waals surface area contributed by atoms with Crippen LogP contribution in [0.4, 0.5) is 0 Å². The summed E-state index contributed by atoms with van der Waals surface area (Å²) in [4.78, 5) is 10.8. The second-order valence-corrected chi connectivity index (χ2v) is 4.99. The summed E-state index contributed by atoms with van der Waals surface area (Å²) in [5.41, 5.74) is 6.34. The van der Waals surface area contributed by atoms with Crippen molar-refractivity contribution in [2.24, 2.45) is 5.73 Å². The average Bonchev–Trinajstić information content (AvgIpc) is 2.29. The van der Waals surface area contributed by atoms with Gasteiger partial charge in [-0.1, -0.05) is 26.0 Å². The molecule has 0 saturated carbocycles. The van der Waals surface area contributed by atoms with Crippen molar-refractivity contribution in [3.05, 3.63) is 29.8 Å². The molecular formula is C14H21NO3. The molecule has 3 N–H and O–H groups in total. The van der Waals surface area contributed by atoms with Crippen molar-refractivity contribution < 1.29 is 14.6 Å². The van der Waals surface area contributed by atoms with Crippen LogP contribution in [0.2, 0.25) is 0 Å². The molecule has 0 amide bonds. The summed E-state index contributed by atoms with van der Waals surface area (Å²) < 4.78 is 5.45. The third kappa shape index (κ3) is 3.74. The fourth-order valence-electron chi connectivity index (χ4n) is 1.93. The van der Waals surface area contributed by atoms with Gasteiger partial charge in [0.1, 0.15) is 11.8 Å². The molecule has 0 bridgehead atoms. The van der Waals surface area contributed by atoms with Gasteiger partial charge >= 0.3 is 5.97 Å². The van der Waals surface area contributed by atoms with Crippen LogP contribution in [0, 0.1) is 0 Å². The largest absolute Gasteiger partial charge is 0.494 e. The van der Waals surface area contributed by atoms with Crippen LogP contribution in [-0.2, 0) is 10.2 Å². The smallest absolute Gasteiger partial charge is 0.320 e. The Balaban J connectivity index is 2.89. The van der Waals surface area contributed by atoms with Gasteiger partial charge in [0.15, 0.2) is 0 Å². The monoisotopic (exact) mass is 251 g/mol. The van der Waals surface area contributed by atoms with Crippen molar-refractivity contribution in [2.45, 2.75) is 38.6 Å². The standard InChI is InChI=1S/C14H21NO3/c1-4-18-11-7-5-6-10(8-11)14(2,3)9-12(15)13(16)17/h5-8,12H,4,9,15H2,1-3H3,(H,16,17). The fourth-order valence-corrected chi connectivity index (χ4v) is 1.93. The van der Waals surface area contributed by atoms with Gasteiger partial charge in [0.05, 0.1) is 6.61 Å². The minimum atomic E-state index is -0.968. The van der Waals surface area contributed by atoms with E-state index < -0.39 is 12.0 Å². The Bertz CT molecular complexity index is 415. The van der Waals surface area contributed by atoms with Crippen LogP contribution in [0.15, 0.2) is 24.3 Å². The Labute approximate surface area is 108 Å². The van der Waals surface area contributed by atoms with Gasteiger partial charge in [-0.25, -0.2) is 0 Å². The van der Waals surface area contributed by atoms with E-state index in [2.05, 4.69) is 0 Å². The van der Waals surface area contributed by atoms with Gasteiger partial charge in [0.25, 0.3) is 0 Å². The van der Waals surface area contributed by atoms with Crippen LogP contribution in [0.25, 0.3) is 0 Å². The van der Waals surface area contributed by atoms with Crippen LogP contribution in [0.5, 0.6) is 5.75 Å². The lowest BCUT2D eigenvalue weighted by atomic mass is 9.79. The highest BCUT2D eigenvalue weighted by atomic mass is 16.5. The molecule has 4 nitrogen and oxygen atoms in total. The minimum absolute atomic E-state index is 0.301. The molecule has 1 aromatic carbocycles. The molecule has 1 atom stereocenters. The molecule has 0 aliphatic heterocycles. The second-order valence-electron chi connectivity index (χ2n) is 4.99. The molecule has 1 unspecified atom stereocenters. The maximum Gasteiger partial charge on any atom is 0.320 e. The maximum absolute atomic E-state index is 10.8. The van der Waals surface area contributed by atoms with Crippen LogP contribution < -0.4 is 10.5 Å². The Morgan fingerprint density at radius 3 is 2.72 bits per heavy atom. The zero-order valence-electron chi connectivity index (χ0n) is 11.1. The van der Waals surface area contributed by atoms with E-state index in [4.69, 9.17) is 15.6 Å². The van der Waals surface area contributed by atoms with Crippen molar-refractivity contribution in [2.75, 3.05) is 6.61 Å². The Hall–Kier alpha value is -1.55. The van der Waals surface area contributed by atoms with E-state index >= 15 is 0 Å². The third-order valence-electron chi connectivity index (χ3n) is 2.97. The fraction of sp³-hybridized carbons (Fsp3) is 0.500. The van der Waals surface area contributed by atoms with Gasteiger partial charge in [0, 0.05) is 0 Å². The van der Waals surface area contributed by atoms with Gasteiger partial charge in [-0.3, -0.25) is 4.79 Å². The van der Waals surface area contributed by atoms with Crippen LogP contribution in [0.3, 0.4) is 0 Å². The highest BCUT2D eigenvalue weighted by Crippen LogP contribution is 2.30. The first-order chi connectivity index (χ1) is 8.36. The quantitative estimate of drug-likeness (QED) is 0.812. The van der Waals surface area contributed by atoms with E-state index in [0.29, 0.717) is 13.0 Å². The second kappa shape index (κ2) is 5.87. The van der Waals surface area contributed by atoms with Gasteiger partial charge in [0.2, 0.25) is 0 Å². The van der Waals surface area contributed by atoms with Gasteiger partial charge in [-0.2, -0.15) is 0 Å². The number of aliphatic carboxylic acids is 1. The molecular weight excluding hydrogens is 230 g/mol. The Kier molecular flexibility index (Phi) is 4.73. The molecule has 18 heavy (non-hydrogen) atoms. The lowest BCUT2D eigenvalue weighted by molar-refractivity contribution is -0.139. The summed E-state index contributed by atoms with van der Waals surface area (Å²) in [5.74, 6) is -0.170. The first-order valence-electron chi connectivity index (χ1n) is 6.08. The maximum atomic E-state index is 10.8. The summed E-state index contributed by atoms with van der Waals surface area (Å²) in [6.45, 7) is 6.51. The first-order valence-corrected chi connectivity index (χ1v) is 6.08. The number of ether oxygens (including phenoxy) is 1. The van der Waals surface area contributed by atoms with Gasteiger partial charge in [-0.15, -0.1) is 0 Å². The van der Waals surface area contributed by atoms with Crippen molar-refractivity contribution in [3.8, 4) is 5.75 Å². The Morgan fingerprint density at radius 2 is 2.17 bits per heavy atom. The molecule has 100 valence electrons. The predicted molar refractivity (Wildman–Crippen MR) is 70.9 cm³/mol. The normalized spacial score (nSPS) is 13.1. The van der Waals surface area contributed by atoms with Crippen molar-refractivity contribution in [1.82, 2.24) is 0 Å². The van der Waals surface area contributed by atoms with E-state index in [9.17, 15) is 4.79 Å². The van der Waals surface area contributed by atoms with Crippen molar-refractivity contribution >= 4 is 5.97 Å². The van der Waals surface area contributed by atoms with E-state index in [-0.39, 0.29) is 5.41 Å². The number of rotatable bonds is 6. The highest BCUT2D eigenvalue weighted by Gasteiger charge is 2.27. The predicted octanol–water partition coefficient (Wildman–Crippen LogP) is 2.16. The number of hydrogen-bond acceptors (Lipinski definition) is 3. The van der Waals surface area contributed by atoms with Crippen LogP contribution >= 0.6 is 0 Å². The molecule has 0 spiro atoms. The van der Waals surface area contributed by atoms with Gasteiger partial charge < -0.3 is 15.6 Å². The molecule has 0 heterocycles. The molecule has 4 heteroatoms. The molecule has 0 saturated heterocycles.